The van der Waals surface area contributed by atoms with Crippen LogP contribution in [-0.4, -0.2) is 11.1 Å². The first-order valence-corrected chi connectivity index (χ1v) is 12.6. The standard InChI is InChI=1S/C29H41ClO3/c1-8-9-10-11-12-13-14-20-15-16-25(24(30)17-20)33-27(32)21-18-22(28(2,3)4)26(31)23(19-21)29(5,6)7/h15-19,31H,8-14H2,1-7H3. The highest BCUT2D eigenvalue weighted by Crippen LogP contribution is 2.40. The maximum absolute atomic E-state index is 13.1. The van der Waals surface area contributed by atoms with Gasteiger partial charge in [-0.3, -0.25) is 0 Å². The summed E-state index contributed by atoms with van der Waals surface area (Å²) in [6, 6.07) is 9.12. The Morgan fingerprint density at radius 2 is 1.42 bits per heavy atom. The fourth-order valence-corrected chi connectivity index (χ4v) is 4.19. The van der Waals surface area contributed by atoms with Gasteiger partial charge in [0.25, 0.3) is 0 Å². The van der Waals surface area contributed by atoms with Crippen molar-refractivity contribution in [2.24, 2.45) is 0 Å². The van der Waals surface area contributed by atoms with Crippen molar-refractivity contribution in [3.8, 4) is 11.5 Å². The number of benzene rings is 2. The molecule has 0 aliphatic rings. The molecule has 1 N–H and O–H groups in total. The molecule has 0 spiro atoms. The number of hydrogen-bond acceptors (Lipinski definition) is 3. The summed E-state index contributed by atoms with van der Waals surface area (Å²) in [6.07, 6.45) is 8.48. The molecule has 0 unspecified atom stereocenters. The van der Waals surface area contributed by atoms with E-state index in [-0.39, 0.29) is 16.6 Å². The molecule has 0 heterocycles. The Kier molecular flexibility index (Phi) is 9.43. The largest absolute Gasteiger partial charge is 0.507 e. The maximum Gasteiger partial charge on any atom is 0.343 e. The molecule has 2 aromatic rings. The zero-order valence-corrected chi connectivity index (χ0v) is 22.2. The van der Waals surface area contributed by atoms with E-state index in [0.29, 0.717) is 16.3 Å². The molecule has 0 fully saturated rings. The molecule has 0 aliphatic carbocycles. The number of hydrogen-bond donors (Lipinski definition) is 1. The minimum Gasteiger partial charge on any atom is -0.507 e. The van der Waals surface area contributed by atoms with Crippen LogP contribution in [0.1, 0.15) is 114 Å². The normalized spacial score (nSPS) is 12.1. The highest BCUT2D eigenvalue weighted by molar-refractivity contribution is 6.32. The molecule has 0 atom stereocenters. The lowest BCUT2D eigenvalue weighted by atomic mass is 9.78. The summed E-state index contributed by atoms with van der Waals surface area (Å²) < 4.78 is 5.68. The van der Waals surface area contributed by atoms with Crippen molar-refractivity contribution in [3.05, 3.63) is 57.6 Å². The van der Waals surface area contributed by atoms with E-state index in [9.17, 15) is 9.90 Å². The van der Waals surface area contributed by atoms with Crippen molar-refractivity contribution >= 4 is 17.6 Å². The van der Waals surface area contributed by atoms with E-state index in [1.807, 2.05) is 53.7 Å². The second-order valence-corrected chi connectivity index (χ2v) is 11.5. The van der Waals surface area contributed by atoms with Gasteiger partial charge in [-0.1, -0.05) is 98.2 Å². The number of unbranched alkanes of at least 4 members (excludes halogenated alkanes) is 5. The molecule has 0 saturated heterocycles. The van der Waals surface area contributed by atoms with Crippen LogP contribution in [0.25, 0.3) is 0 Å². The van der Waals surface area contributed by atoms with Gasteiger partial charge in [-0.2, -0.15) is 0 Å². The van der Waals surface area contributed by atoms with Gasteiger partial charge in [-0.25, -0.2) is 4.79 Å². The van der Waals surface area contributed by atoms with E-state index in [2.05, 4.69) is 6.92 Å². The molecule has 182 valence electrons. The molecule has 0 saturated carbocycles. The number of carbonyl (C=O) groups excluding carboxylic acids is 1. The van der Waals surface area contributed by atoms with Crippen LogP contribution >= 0.6 is 11.6 Å². The molecule has 0 radical (unpaired) electrons. The average Bonchev–Trinajstić information content (AvgIpc) is 2.70. The molecule has 0 aliphatic heterocycles. The first kappa shape index (κ1) is 27.2. The van der Waals surface area contributed by atoms with Crippen LogP contribution in [0.3, 0.4) is 0 Å². The monoisotopic (exact) mass is 472 g/mol. The smallest absolute Gasteiger partial charge is 0.343 e. The van der Waals surface area contributed by atoms with Crippen LogP contribution < -0.4 is 4.74 Å². The molecule has 0 aromatic heterocycles. The molecule has 2 aromatic carbocycles. The van der Waals surface area contributed by atoms with Gasteiger partial charge in [0.05, 0.1) is 10.6 Å². The summed E-state index contributed by atoms with van der Waals surface area (Å²) >= 11 is 6.46. The lowest BCUT2D eigenvalue weighted by Gasteiger charge is -2.28. The molecule has 3 nitrogen and oxygen atoms in total. The van der Waals surface area contributed by atoms with Crippen LogP contribution in [0, 0.1) is 0 Å². The molecular formula is C29H41ClO3. The SMILES string of the molecule is CCCCCCCCc1ccc(OC(=O)c2cc(C(C)(C)C)c(O)c(C(C)(C)C)c2)c(Cl)c1. The van der Waals surface area contributed by atoms with Crippen molar-refractivity contribution < 1.29 is 14.6 Å². The Morgan fingerprint density at radius 3 is 1.94 bits per heavy atom. The zero-order chi connectivity index (χ0) is 24.8. The lowest BCUT2D eigenvalue weighted by molar-refractivity contribution is 0.0734. The Bertz CT molecular complexity index is 913. The summed E-state index contributed by atoms with van der Waals surface area (Å²) in [5.74, 6) is 0.122. The third-order valence-corrected chi connectivity index (χ3v) is 6.27. The van der Waals surface area contributed by atoms with Gasteiger partial charge in [0.15, 0.2) is 0 Å². The van der Waals surface area contributed by atoms with Crippen LogP contribution in [0.5, 0.6) is 11.5 Å². The molecular weight excluding hydrogens is 432 g/mol. The molecule has 0 bridgehead atoms. The lowest BCUT2D eigenvalue weighted by Crippen LogP contribution is -2.20. The number of rotatable bonds is 9. The van der Waals surface area contributed by atoms with Crippen molar-refractivity contribution in [3.63, 3.8) is 0 Å². The maximum atomic E-state index is 13.1. The number of carbonyl (C=O) groups is 1. The Morgan fingerprint density at radius 1 is 0.879 bits per heavy atom. The quantitative estimate of drug-likeness (QED) is 0.225. The van der Waals surface area contributed by atoms with E-state index in [4.69, 9.17) is 16.3 Å². The van der Waals surface area contributed by atoms with Gasteiger partial charge in [0, 0.05) is 11.1 Å². The summed E-state index contributed by atoms with van der Waals surface area (Å²) in [7, 11) is 0. The van der Waals surface area contributed by atoms with Gasteiger partial charge < -0.3 is 9.84 Å². The van der Waals surface area contributed by atoms with E-state index < -0.39 is 5.97 Å². The predicted octanol–water partition coefficient (Wildman–Crippen LogP) is 8.76. The zero-order valence-electron chi connectivity index (χ0n) is 21.5. The molecule has 2 rings (SSSR count). The molecule has 4 heteroatoms. The molecule has 0 amide bonds. The predicted molar refractivity (Wildman–Crippen MR) is 139 cm³/mol. The van der Waals surface area contributed by atoms with Crippen molar-refractivity contribution in [1.29, 1.82) is 0 Å². The van der Waals surface area contributed by atoms with Crippen molar-refractivity contribution in [1.82, 2.24) is 0 Å². The number of halogens is 1. The topological polar surface area (TPSA) is 46.5 Å². The summed E-state index contributed by atoms with van der Waals surface area (Å²) in [6.45, 7) is 14.3. The minimum atomic E-state index is -0.475. The fraction of sp³-hybridized carbons (Fsp3) is 0.552. The number of esters is 1. The molecule has 33 heavy (non-hydrogen) atoms. The minimum absolute atomic E-state index is 0.239. The van der Waals surface area contributed by atoms with Crippen molar-refractivity contribution in [2.45, 2.75) is 104 Å². The van der Waals surface area contributed by atoms with Crippen LogP contribution in [0.4, 0.5) is 0 Å². The van der Waals surface area contributed by atoms with E-state index in [1.54, 1.807) is 18.2 Å². The second kappa shape index (κ2) is 11.4. The second-order valence-electron chi connectivity index (χ2n) is 11.1. The van der Waals surface area contributed by atoms with Gasteiger partial charge >= 0.3 is 5.97 Å². The van der Waals surface area contributed by atoms with Crippen LogP contribution in [0.15, 0.2) is 30.3 Å². The van der Waals surface area contributed by atoms with Gasteiger partial charge in [0.2, 0.25) is 0 Å². The Labute approximate surface area is 205 Å². The first-order chi connectivity index (χ1) is 15.3. The van der Waals surface area contributed by atoms with Crippen molar-refractivity contribution in [2.75, 3.05) is 0 Å². The number of aromatic hydroxyl groups is 1. The first-order valence-electron chi connectivity index (χ1n) is 12.2. The average molecular weight is 473 g/mol. The fourth-order valence-electron chi connectivity index (χ4n) is 3.95. The summed E-state index contributed by atoms with van der Waals surface area (Å²) in [5.41, 5.74) is 2.37. The highest BCUT2D eigenvalue weighted by Gasteiger charge is 2.28. The van der Waals surface area contributed by atoms with Crippen LogP contribution in [0.2, 0.25) is 5.02 Å². The third kappa shape index (κ3) is 7.78. The number of phenols is 1. The number of phenolic OH excluding ortho intramolecular Hbond substituents is 1. The summed E-state index contributed by atoms with van der Waals surface area (Å²) in [5, 5.41) is 11.3. The van der Waals surface area contributed by atoms with E-state index in [0.717, 1.165) is 29.5 Å². The summed E-state index contributed by atoms with van der Waals surface area (Å²) in [4.78, 5) is 13.1. The van der Waals surface area contributed by atoms with E-state index >= 15 is 0 Å². The number of aryl methyl sites for hydroxylation is 1. The van der Waals surface area contributed by atoms with E-state index in [1.165, 1.54) is 32.1 Å². The van der Waals surface area contributed by atoms with Crippen LogP contribution in [-0.2, 0) is 17.3 Å². The van der Waals surface area contributed by atoms with Gasteiger partial charge in [-0.05, 0) is 53.5 Å². The highest BCUT2D eigenvalue weighted by atomic mass is 35.5. The van der Waals surface area contributed by atoms with Gasteiger partial charge in [-0.15, -0.1) is 0 Å². The van der Waals surface area contributed by atoms with Gasteiger partial charge in [0.1, 0.15) is 11.5 Å². The number of ether oxygens (including phenoxy) is 1. The third-order valence-electron chi connectivity index (χ3n) is 5.98. The Hall–Kier alpha value is -2.00. The Balaban J connectivity index is 2.18.